The second kappa shape index (κ2) is 6.63. The zero-order valence-electron chi connectivity index (χ0n) is 10.1. The standard InChI is InChI=1S/C13H19BrClN/c1-4-9(3)13(16-5-2)11-8-10(14)6-7-12(11)15/h6-9,13,16H,4-5H2,1-3H3. The van der Waals surface area contributed by atoms with Crippen molar-refractivity contribution in [3.05, 3.63) is 33.3 Å². The summed E-state index contributed by atoms with van der Waals surface area (Å²) in [6.45, 7) is 7.55. The molecule has 2 atom stereocenters. The highest BCUT2D eigenvalue weighted by Gasteiger charge is 2.19. The fourth-order valence-electron chi connectivity index (χ4n) is 1.83. The van der Waals surface area contributed by atoms with Crippen molar-refractivity contribution in [3.8, 4) is 0 Å². The summed E-state index contributed by atoms with van der Waals surface area (Å²) in [5.41, 5.74) is 1.19. The Kier molecular flexibility index (Phi) is 5.81. The maximum atomic E-state index is 6.27. The predicted molar refractivity (Wildman–Crippen MR) is 75.0 cm³/mol. The number of nitrogens with one attached hydrogen (secondary N) is 1. The molecule has 0 bridgehead atoms. The predicted octanol–water partition coefficient (Wildman–Crippen LogP) is 4.80. The van der Waals surface area contributed by atoms with Crippen LogP contribution in [0.5, 0.6) is 0 Å². The first kappa shape index (κ1) is 14.0. The lowest BCUT2D eigenvalue weighted by atomic mass is 9.92. The minimum absolute atomic E-state index is 0.333. The Morgan fingerprint density at radius 1 is 1.38 bits per heavy atom. The first-order valence-corrected chi connectivity index (χ1v) is 6.95. The third-order valence-electron chi connectivity index (χ3n) is 2.93. The van der Waals surface area contributed by atoms with E-state index in [1.54, 1.807) is 0 Å². The van der Waals surface area contributed by atoms with Crippen LogP contribution in [0.3, 0.4) is 0 Å². The molecule has 0 fully saturated rings. The molecule has 2 unspecified atom stereocenters. The van der Waals surface area contributed by atoms with Crippen LogP contribution in [0.25, 0.3) is 0 Å². The Balaban J connectivity index is 3.04. The largest absolute Gasteiger partial charge is 0.310 e. The molecule has 90 valence electrons. The van der Waals surface area contributed by atoms with Gasteiger partial charge in [-0.15, -0.1) is 0 Å². The average molecular weight is 305 g/mol. The number of rotatable bonds is 5. The summed E-state index contributed by atoms with van der Waals surface area (Å²) in [5.74, 6) is 0.576. The van der Waals surface area contributed by atoms with Crippen LogP contribution >= 0.6 is 27.5 Å². The molecule has 0 saturated heterocycles. The van der Waals surface area contributed by atoms with E-state index in [9.17, 15) is 0 Å². The Morgan fingerprint density at radius 2 is 2.06 bits per heavy atom. The minimum Gasteiger partial charge on any atom is -0.310 e. The van der Waals surface area contributed by atoms with Crippen molar-refractivity contribution in [2.45, 2.75) is 33.2 Å². The molecular formula is C13H19BrClN. The summed E-state index contributed by atoms with van der Waals surface area (Å²) in [5, 5.41) is 4.35. The molecule has 16 heavy (non-hydrogen) atoms. The van der Waals surface area contributed by atoms with E-state index in [0.717, 1.165) is 22.5 Å². The maximum absolute atomic E-state index is 6.27. The van der Waals surface area contributed by atoms with Gasteiger partial charge in [-0.2, -0.15) is 0 Å². The summed E-state index contributed by atoms with van der Waals surface area (Å²) >= 11 is 9.77. The van der Waals surface area contributed by atoms with E-state index in [1.165, 1.54) is 5.56 Å². The van der Waals surface area contributed by atoms with Gasteiger partial charge in [0.05, 0.1) is 0 Å². The van der Waals surface area contributed by atoms with Crippen molar-refractivity contribution in [2.75, 3.05) is 6.54 Å². The molecule has 0 heterocycles. The van der Waals surface area contributed by atoms with E-state index in [2.05, 4.69) is 48.1 Å². The Labute approximate surface area is 112 Å². The quantitative estimate of drug-likeness (QED) is 0.824. The van der Waals surface area contributed by atoms with Crippen molar-refractivity contribution >= 4 is 27.5 Å². The summed E-state index contributed by atoms with van der Waals surface area (Å²) in [6, 6.07) is 6.38. The van der Waals surface area contributed by atoms with Gasteiger partial charge in [0, 0.05) is 15.5 Å². The van der Waals surface area contributed by atoms with E-state index in [1.807, 2.05) is 12.1 Å². The van der Waals surface area contributed by atoms with Crippen molar-refractivity contribution in [1.82, 2.24) is 5.32 Å². The molecule has 3 heteroatoms. The Bertz CT molecular complexity index is 341. The lowest BCUT2D eigenvalue weighted by Crippen LogP contribution is -2.26. The number of benzene rings is 1. The first-order valence-electron chi connectivity index (χ1n) is 5.78. The molecule has 1 N–H and O–H groups in total. The van der Waals surface area contributed by atoms with Crippen LogP contribution in [0, 0.1) is 5.92 Å². The first-order chi connectivity index (χ1) is 7.60. The van der Waals surface area contributed by atoms with E-state index in [-0.39, 0.29) is 0 Å². The molecule has 0 aliphatic rings. The van der Waals surface area contributed by atoms with Crippen LogP contribution in [-0.2, 0) is 0 Å². The summed E-state index contributed by atoms with van der Waals surface area (Å²) in [6.07, 6.45) is 1.14. The van der Waals surface area contributed by atoms with Gasteiger partial charge in [0.25, 0.3) is 0 Å². The van der Waals surface area contributed by atoms with E-state index in [4.69, 9.17) is 11.6 Å². The van der Waals surface area contributed by atoms with Crippen LogP contribution in [0.15, 0.2) is 22.7 Å². The highest BCUT2D eigenvalue weighted by Crippen LogP contribution is 2.32. The Morgan fingerprint density at radius 3 is 2.62 bits per heavy atom. The summed E-state index contributed by atoms with van der Waals surface area (Å²) in [7, 11) is 0. The zero-order chi connectivity index (χ0) is 12.1. The van der Waals surface area contributed by atoms with Gasteiger partial charge in [0.1, 0.15) is 0 Å². The topological polar surface area (TPSA) is 12.0 Å². The van der Waals surface area contributed by atoms with Crippen LogP contribution in [0.1, 0.15) is 38.8 Å². The molecule has 1 aromatic carbocycles. The molecule has 0 aromatic heterocycles. The molecule has 0 spiro atoms. The summed E-state index contributed by atoms with van der Waals surface area (Å²) in [4.78, 5) is 0. The third-order valence-corrected chi connectivity index (χ3v) is 3.77. The number of hydrogen-bond acceptors (Lipinski definition) is 1. The van der Waals surface area contributed by atoms with Gasteiger partial charge in [0.2, 0.25) is 0 Å². The third kappa shape index (κ3) is 3.47. The molecular weight excluding hydrogens is 286 g/mol. The van der Waals surface area contributed by atoms with E-state index >= 15 is 0 Å². The van der Waals surface area contributed by atoms with Crippen LogP contribution < -0.4 is 5.32 Å². The van der Waals surface area contributed by atoms with Gasteiger partial charge >= 0.3 is 0 Å². The Hall–Kier alpha value is -0.0500. The van der Waals surface area contributed by atoms with Gasteiger partial charge < -0.3 is 5.32 Å². The van der Waals surface area contributed by atoms with Crippen molar-refractivity contribution < 1.29 is 0 Å². The maximum Gasteiger partial charge on any atom is 0.0454 e. The normalized spacial score (nSPS) is 14.8. The SMILES string of the molecule is CCNC(c1cc(Br)ccc1Cl)C(C)CC. The number of hydrogen-bond donors (Lipinski definition) is 1. The second-order valence-electron chi connectivity index (χ2n) is 4.09. The molecule has 0 aliphatic heterocycles. The number of halogens is 2. The monoisotopic (exact) mass is 303 g/mol. The van der Waals surface area contributed by atoms with Gasteiger partial charge in [-0.05, 0) is 36.2 Å². The van der Waals surface area contributed by atoms with E-state index in [0.29, 0.717) is 12.0 Å². The van der Waals surface area contributed by atoms with Crippen molar-refractivity contribution in [1.29, 1.82) is 0 Å². The lowest BCUT2D eigenvalue weighted by molar-refractivity contribution is 0.384. The fraction of sp³-hybridized carbons (Fsp3) is 0.538. The van der Waals surface area contributed by atoms with Gasteiger partial charge in [-0.25, -0.2) is 0 Å². The van der Waals surface area contributed by atoms with Gasteiger partial charge in [-0.3, -0.25) is 0 Å². The van der Waals surface area contributed by atoms with Gasteiger partial charge in [-0.1, -0.05) is 54.7 Å². The zero-order valence-corrected chi connectivity index (χ0v) is 12.4. The fourth-order valence-corrected chi connectivity index (χ4v) is 2.44. The highest BCUT2D eigenvalue weighted by molar-refractivity contribution is 9.10. The van der Waals surface area contributed by atoms with Gasteiger partial charge in [0.15, 0.2) is 0 Å². The summed E-state index contributed by atoms with van der Waals surface area (Å²) < 4.78 is 1.08. The van der Waals surface area contributed by atoms with Crippen molar-refractivity contribution in [3.63, 3.8) is 0 Å². The van der Waals surface area contributed by atoms with Crippen LogP contribution in [-0.4, -0.2) is 6.54 Å². The minimum atomic E-state index is 0.333. The molecule has 0 radical (unpaired) electrons. The lowest BCUT2D eigenvalue weighted by Gasteiger charge is -2.25. The molecule has 0 aliphatic carbocycles. The molecule has 1 nitrogen and oxygen atoms in total. The molecule has 1 aromatic rings. The highest BCUT2D eigenvalue weighted by atomic mass is 79.9. The molecule has 0 amide bonds. The smallest absolute Gasteiger partial charge is 0.0454 e. The van der Waals surface area contributed by atoms with E-state index < -0.39 is 0 Å². The molecule has 1 rings (SSSR count). The van der Waals surface area contributed by atoms with Crippen LogP contribution in [0.4, 0.5) is 0 Å². The van der Waals surface area contributed by atoms with Crippen molar-refractivity contribution in [2.24, 2.45) is 5.92 Å². The van der Waals surface area contributed by atoms with Crippen LogP contribution in [0.2, 0.25) is 5.02 Å². The second-order valence-corrected chi connectivity index (χ2v) is 5.41. The molecule has 0 saturated carbocycles. The average Bonchev–Trinajstić information content (AvgIpc) is 2.28.